The van der Waals surface area contributed by atoms with Crippen molar-refractivity contribution in [2.75, 3.05) is 19.0 Å². The number of aryl methyl sites for hydroxylation is 1. The van der Waals surface area contributed by atoms with E-state index in [1.807, 2.05) is 43.3 Å². The molecule has 0 saturated heterocycles. The number of anilines is 1. The topological polar surface area (TPSA) is 76.7 Å². The van der Waals surface area contributed by atoms with Gasteiger partial charge in [0.25, 0.3) is 5.91 Å². The van der Waals surface area contributed by atoms with Crippen molar-refractivity contribution in [3.63, 3.8) is 0 Å². The lowest BCUT2D eigenvalue weighted by Gasteiger charge is -2.25. The summed E-state index contributed by atoms with van der Waals surface area (Å²) in [4.78, 5) is 24.3. The highest BCUT2D eigenvalue weighted by molar-refractivity contribution is 6.00. The van der Waals surface area contributed by atoms with Crippen molar-refractivity contribution in [3.8, 4) is 11.5 Å². The maximum absolute atomic E-state index is 12.1. The molecule has 2 aromatic carbocycles. The fourth-order valence-corrected chi connectivity index (χ4v) is 2.81. The number of nitrogens with one attached hydrogen (secondary N) is 2. The van der Waals surface area contributed by atoms with E-state index in [-0.39, 0.29) is 18.2 Å². The zero-order valence-electron chi connectivity index (χ0n) is 14.9. The van der Waals surface area contributed by atoms with Crippen molar-refractivity contribution in [2.24, 2.45) is 0 Å². The maximum atomic E-state index is 12.1. The Labute approximate surface area is 152 Å². The van der Waals surface area contributed by atoms with Crippen LogP contribution in [0.5, 0.6) is 11.5 Å². The summed E-state index contributed by atoms with van der Waals surface area (Å²) in [5.41, 5.74) is 2.74. The Hall–Kier alpha value is -3.02. The van der Waals surface area contributed by atoms with Gasteiger partial charge in [-0.3, -0.25) is 9.59 Å². The first kappa shape index (κ1) is 17.8. The number of benzene rings is 2. The van der Waals surface area contributed by atoms with Crippen molar-refractivity contribution >= 4 is 17.5 Å². The van der Waals surface area contributed by atoms with Gasteiger partial charge in [-0.25, -0.2) is 0 Å². The lowest BCUT2D eigenvalue weighted by Crippen LogP contribution is -2.41. The molecular weight excluding hydrogens is 332 g/mol. The van der Waals surface area contributed by atoms with E-state index in [0.29, 0.717) is 24.4 Å². The van der Waals surface area contributed by atoms with Gasteiger partial charge in [-0.1, -0.05) is 18.2 Å². The van der Waals surface area contributed by atoms with Crippen molar-refractivity contribution in [1.29, 1.82) is 0 Å². The minimum Gasteiger partial charge on any atom is -0.497 e. The summed E-state index contributed by atoms with van der Waals surface area (Å²) in [5.74, 6) is 0.856. The minimum atomic E-state index is -0.818. The highest BCUT2D eigenvalue weighted by Gasteiger charge is 2.29. The normalized spacial score (nSPS) is 15.5. The number of fused-ring (bicyclic) bond motifs is 1. The SMILES string of the molecule is COc1cccc(CCNC(=O)CC2Oc3ccc(C)cc3NC2=O)c1. The molecule has 0 bridgehead atoms. The van der Waals surface area contributed by atoms with Crippen LogP contribution in [0.25, 0.3) is 0 Å². The number of amides is 2. The molecule has 136 valence electrons. The molecule has 2 N–H and O–H groups in total. The van der Waals surface area contributed by atoms with Gasteiger partial charge < -0.3 is 20.1 Å². The van der Waals surface area contributed by atoms with Gasteiger partial charge in [0.15, 0.2) is 6.10 Å². The monoisotopic (exact) mass is 354 g/mol. The molecule has 0 fully saturated rings. The van der Waals surface area contributed by atoms with E-state index in [1.165, 1.54) is 0 Å². The lowest BCUT2D eigenvalue weighted by atomic mass is 10.1. The van der Waals surface area contributed by atoms with Crippen molar-refractivity contribution < 1.29 is 19.1 Å². The van der Waals surface area contributed by atoms with Crippen molar-refractivity contribution in [3.05, 3.63) is 53.6 Å². The highest BCUT2D eigenvalue weighted by Crippen LogP contribution is 2.30. The summed E-state index contributed by atoms with van der Waals surface area (Å²) in [7, 11) is 1.62. The summed E-state index contributed by atoms with van der Waals surface area (Å²) in [6, 6.07) is 13.3. The fraction of sp³-hybridized carbons (Fsp3) is 0.300. The first-order valence-corrected chi connectivity index (χ1v) is 8.53. The van der Waals surface area contributed by atoms with Gasteiger partial charge in [0.1, 0.15) is 11.5 Å². The third-order valence-electron chi connectivity index (χ3n) is 4.20. The number of hydrogen-bond donors (Lipinski definition) is 2. The highest BCUT2D eigenvalue weighted by atomic mass is 16.5. The zero-order chi connectivity index (χ0) is 18.5. The Bertz CT molecular complexity index is 819. The molecular formula is C20H22N2O4. The molecule has 1 heterocycles. The van der Waals surface area contributed by atoms with E-state index < -0.39 is 6.10 Å². The fourth-order valence-electron chi connectivity index (χ4n) is 2.81. The molecule has 0 spiro atoms. The first-order chi connectivity index (χ1) is 12.5. The van der Waals surface area contributed by atoms with Crippen LogP contribution < -0.4 is 20.1 Å². The predicted octanol–water partition coefficient (Wildman–Crippen LogP) is 2.45. The average Bonchev–Trinajstić information content (AvgIpc) is 2.63. The van der Waals surface area contributed by atoms with Crippen LogP contribution in [0, 0.1) is 6.92 Å². The van der Waals surface area contributed by atoms with Crippen LogP contribution in [-0.2, 0) is 16.0 Å². The molecule has 26 heavy (non-hydrogen) atoms. The Morgan fingerprint density at radius 1 is 1.27 bits per heavy atom. The molecule has 1 aliphatic heterocycles. The number of carbonyl (C=O) groups is 2. The molecule has 0 radical (unpaired) electrons. The van der Waals surface area contributed by atoms with Gasteiger partial charge >= 0.3 is 0 Å². The lowest BCUT2D eigenvalue weighted by molar-refractivity contribution is -0.130. The molecule has 1 unspecified atom stereocenters. The number of rotatable bonds is 6. The van der Waals surface area contributed by atoms with Gasteiger partial charge in [-0.2, -0.15) is 0 Å². The third-order valence-corrected chi connectivity index (χ3v) is 4.20. The van der Waals surface area contributed by atoms with E-state index in [0.717, 1.165) is 16.9 Å². The Balaban J connectivity index is 1.50. The second-order valence-electron chi connectivity index (χ2n) is 6.25. The van der Waals surface area contributed by atoms with Gasteiger partial charge in [0.2, 0.25) is 5.91 Å². The van der Waals surface area contributed by atoms with E-state index >= 15 is 0 Å². The van der Waals surface area contributed by atoms with Crippen molar-refractivity contribution in [1.82, 2.24) is 5.32 Å². The van der Waals surface area contributed by atoms with Gasteiger partial charge in [0, 0.05) is 6.54 Å². The number of hydrogen-bond acceptors (Lipinski definition) is 4. The summed E-state index contributed by atoms with van der Waals surface area (Å²) < 4.78 is 10.9. The molecule has 0 aromatic heterocycles. The summed E-state index contributed by atoms with van der Waals surface area (Å²) in [6.07, 6.45) is -0.151. The van der Waals surface area contributed by atoms with Crippen LogP contribution in [0.4, 0.5) is 5.69 Å². The summed E-state index contributed by atoms with van der Waals surface area (Å²) in [5, 5.41) is 5.62. The maximum Gasteiger partial charge on any atom is 0.266 e. The Kier molecular flexibility index (Phi) is 5.41. The second-order valence-corrected chi connectivity index (χ2v) is 6.25. The molecule has 2 amide bonds. The van der Waals surface area contributed by atoms with E-state index in [1.54, 1.807) is 13.2 Å². The van der Waals surface area contributed by atoms with Crippen molar-refractivity contribution in [2.45, 2.75) is 25.9 Å². The second kappa shape index (κ2) is 7.91. The molecule has 2 aromatic rings. The standard InChI is InChI=1S/C20H22N2O4/c1-13-6-7-17-16(10-13)22-20(24)18(26-17)12-19(23)21-9-8-14-4-3-5-15(11-14)25-2/h3-7,10-11,18H,8-9,12H2,1-2H3,(H,21,23)(H,22,24). The van der Waals surface area contributed by atoms with E-state index in [4.69, 9.17) is 9.47 Å². The van der Waals surface area contributed by atoms with Gasteiger partial charge in [-0.05, 0) is 48.7 Å². The van der Waals surface area contributed by atoms with E-state index in [2.05, 4.69) is 10.6 Å². The molecule has 0 saturated carbocycles. The van der Waals surface area contributed by atoms with Gasteiger partial charge in [-0.15, -0.1) is 0 Å². The van der Waals surface area contributed by atoms with Crippen LogP contribution in [0.3, 0.4) is 0 Å². The average molecular weight is 354 g/mol. The zero-order valence-corrected chi connectivity index (χ0v) is 14.9. The first-order valence-electron chi connectivity index (χ1n) is 8.53. The molecule has 6 nitrogen and oxygen atoms in total. The van der Waals surface area contributed by atoms with Crippen LogP contribution >= 0.6 is 0 Å². The van der Waals surface area contributed by atoms with Crippen LogP contribution in [0.2, 0.25) is 0 Å². The molecule has 1 atom stereocenters. The van der Waals surface area contributed by atoms with Gasteiger partial charge in [0.05, 0.1) is 19.2 Å². The van der Waals surface area contributed by atoms with E-state index in [9.17, 15) is 9.59 Å². The Morgan fingerprint density at radius 3 is 2.92 bits per heavy atom. The van der Waals surface area contributed by atoms with Crippen LogP contribution in [0.15, 0.2) is 42.5 Å². The van der Waals surface area contributed by atoms with Crippen LogP contribution in [0.1, 0.15) is 17.5 Å². The molecule has 3 rings (SSSR count). The quantitative estimate of drug-likeness (QED) is 0.835. The summed E-state index contributed by atoms with van der Waals surface area (Å²) in [6.45, 7) is 2.42. The number of methoxy groups -OCH3 is 1. The summed E-state index contributed by atoms with van der Waals surface area (Å²) >= 11 is 0. The smallest absolute Gasteiger partial charge is 0.266 e. The number of ether oxygens (including phenoxy) is 2. The third kappa shape index (κ3) is 4.33. The largest absolute Gasteiger partial charge is 0.497 e. The molecule has 6 heteroatoms. The van der Waals surface area contributed by atoms with Crippen LogP contribution in [-0.4, -0.2) is 31.6 Å². The minimum absolute atomic E-state index is 0.0166. The number of carbonyl (C=O) groups excluding carboxylic acids is 2. The Morgan fingerprint density at radius 2 is 2.12 bits per heavy atom. The molecule has 1 aliphatic rings. The predicted molar refractivity (Wildman–Crippen MR) is 98.5 cm³/mol. The molecule has 0 aliphatic carbocycles.